The molecule has 0 fully saturated rings. The van der Waals surface area contributed by atoms with Crippen molar-refractivity contribution in [3.63, 3.8) is 0 Å². The first-order valence-corrected chi connectivity index (χ1v) is 9.74. The topological polar surface area (TPSA) is 96.9 Å². The third-order valence-corrected chi connectivity index (χ3v) is 4.21. The Bertz CT molecular complexity index is 1000. The van der Waals surface area contributed by atoms with Crippen LogP contribution in [0.3, 0.4) is 0 Å². The molecule has 0 aliphatic heterocycles. The Morgan fingerprint density at radius 3 is 2.00 bits per heavy atom. The first-order valence-electron chi connectivity index (χ1n) is 9.74. The number of hydrogen-bond acceptors (Lipinski definition) is 5. The molecule has 34 heavy (non-hydrogen) atoms. The molecule has 2 aromatic rings. The minimum absolute atomic E-state index is 0.00328. The molecular formula is C21H20F6N2O5. The third kappa shape index (κ3) is 8.81. The van der Waals surface area contributed by atoms with Crippen LogP contribution in [0, 0.1) is 17.5 Å². The standard InChI is InChI=1S/C21H20F6N2O5/c22-16-3-1-13(7-15(16)21(25,26)27)33-11-20(32)29-9-12(30)5-6-28-19(31)10-34-14-2-4-17(23)18(24)8-14/h1-4,7-8,12,30H,5-6,9-11H2,(H,28,31)(H,29,32)/t12-/m0/s1. The van der Waals surface area contributed by atoms with Crippen molar-refractivity contribution in [2.45, 2.75) is 18.7 Å². The van der Waals surface area contributed by atoms with E-state index in [1.54, 1.807) is 0 Å². The Labute approximate surface area is 189 Å². The van der Waals surface area contributed by atoms with Gasteiger partial charge in [-0.05, 0) is 36.8 Å². The molecule has 0 saturated heterocycles. The van der Waals surface area contributed by atoms with Crippen LogP contribution in [0.1, 0.15) is 12.0 Å². The number of ether oxygens (including phenoxy) is 2. The predicted molar refractivity (Wildman–Crippen MR) is 105 cm³/mol. The van der Waals surface area contributed by atoms with Gasteiger partial charge < -0.3 is 25.2 Å². The Kier molecular flexibility index (Phi) is 9.54. The summed E-state index contributed by atoms with van der Waals surface area (Å²) in [5.41, 5.74) is -1.53. The maximum Gasteiger partial charge on any atom is 0.419 e. The van der Waals surface area contributed by atoms with Gasteiger partial charge in [-0.25, -0.2) is 13.2 Å². The summed E-state index contributed by atoms with van der Waals surface area (Å²) in [4.78, 5) is 23.4. The van der Waals surface area contributed by atoms with Gasteiger partial charge in [0.1, 0.15) is 17.3 Å². The minimum atomic E-state index is -4.92. The van der Waals surface area contributed by atoms with Gasteiger partial charge in [-0.2, -0.15) is 13.2 Å². The number of carbonyl (C=O) groups is 2. The Morgan fingerprint density at radius 1 is 0.853 bits per heavy atom. The van der Waals surface area contributed by atoms with E-state index in [1.165, 1.54) is 0 Å². The molecule has 0 bridgehead atoms. The molecule has 0 aromatic heterocycles. The van der Waals surface area contributed by atoms with E-state index in [1.807, 2.05) is 0 Å². The number of hydrogen-bond donors (Lipinski definition) is 3. The second kappa shape index (κ2) is 12.1. The van der Waals surface area contributed by atoms with Crippen LogP contribution >= 0.6 is 0 Å². The monoisotopic (exact) mass is 494 g/mol. The predicted octanol–water partition coefficient (Wildman–Crippen LogP) is 2.56. The zero-order chi connectivity index (χ0) is 25.3. The maximum atomic E-state index is 13.2. The average molecular weight is 494 g/mol. The van der Waals surface area contributed by atoms with Crippen molar-refractivity contribution in [2.75, 3.05) is 26.3 Å². The van der Waals surface area contributed by atoms with Gasteiger partial charge in [0.25, 0.3) is 11.8 Å². The normalized spacial score (nSPS) is 12.1. The van der Waals surface area contributed by atoms with Crippen LogP contribution in [0.5, 0.6) is 11.5 Å². The van der Waals surface area contributed by atoms with Crippen LogP contribution in [-0.4, -0.2) is 49.3 Å². The van der Waals surface area contributed by atoms with Gasteiger partial charge in [0, 0.05) is 19.2 Å². The summed E-state index contributed by atoms with van der Waals surface area (Å²) in [6.45, 7) is -1.38. The molecule has 1 atom stereocenters. The van der Waals surface area contributed by atoms with Crippen LogP contribution in [0.15, 0.2) is 36.4 Å². The second-order valence-corrected chi connectivity index (χ2v) is 6.89. The summed E-state index contributed by atoms with van der Waals surface area (Å²) in [7, 11) is 0. The lowest BCUT2D eigenvalue weighted by Crippen LogP contribution is -2.37. The molecular weight excluding hydrogens is 474 g/mol. The molecule has 0 heterocycles. The zero-order valence-corrected chi connectivity index (χ0v) is 17.4. The molecule has 2 aromatic carbocycles. The number of carbonyl (C=O) groups excluding carboxylic acids is 2. The highest BCUT2D eigenvalue weighted by atomic mass is 19.4. The van der Waals surface area contributed by atoms with Crippen molar-refractivity contribution in [3.8, 4) is 11.5 Å². The van der Waals surface area contributed by atoms with Crippen LogP contribution in [0.2, 0.25) is 0 Å². The van der Waals surface area contributed by atoms with E-state index in [4.69, 9.17) is 9.47 Å². The Hall–Kier alpha value is -3.48. The summed E-state index contributed by atoms with van der Waals surface area (Å²) < 4.78 is 87.0. The van der Waals surface area contributed by atoms with E-state index in [2.05, 4.69) is 10.6 Å². The summed E-state index contributed by atoms with van der Waals surface area (Å²) in [6.07, 6.45) is -5.96. The smallest absolute Gasteiger partial charge is 0.419 e. The third-order valence-electron chi connectivity index (χ3n) is 4.21. The molecule has 0 saturated carbocycles. The van der Waals surface area contributed by atoms with Gasteiger partial charge >= 0.3 is 6.18 Å². The number of aliphatic hydroxyl groups excluding tert-OH is 1. The van der Waals surface area contributed by atoms with E-state index >= 15 is 0 Å². The summed E-state index contributed by atoms with van der Waals surface area (Å²) in [6, 6.07) is 4.70. The molecule has 0 unspecified atom stereocenters. The van der Waals surface area contributed by atoms with E-state index in [9.17, 15) is 41.0 Å². The second-order valence-electron chi connectivity index (χ2n) is 6.89. The van der Waals surface area contributed by atoms with E-state index in [-0.39, 0.29) is 31.0 Å². The number of nitrogens with one attached hydrogen (secondary N) is 2. The van der Waals surface area contributed by atoms with Crippen molar-refractivity contribution >= 4 is 11.8 Å². The highest BCUT2D eigenvalue weighted by Gasteiger charge is 2.34. The number of aliphatic hydroxyl groups is 1. The van der Waals surface area contributed by atoms with Gasteiger partial charge in [0.2, 0.25) is 0 Å². The first-order chi connectivity index (χ1) is 16.0. The maximum absolute atomic E-state index is 13.2. The number of benzene rings is 2. The number of rotatable bonds is 11. The van der Waals surface area contributed by atoms with Gasteiger partial charge in [0.15, 0.2) is 24.8 Å². The summed E-state index contributed by atoms with van der Waals surface area (Å²) >= 11 is 0. The van der Waals surface area contributed by atoms with Gasteiger partial charge in [-0.15, -0.1) is 0 Å². The van der Waals surface area contributed by atoms with Crippen molar-refractivity contribution < 1.29 is 50.5 Å². The molecule has 2 amide bonds. The number of amides is 2. The van der Waals surface area contributed by atoms with Crippen molar-refractivity contribution in [1.29, 1.82) is 0 Å². The van der Waals surface area contributed by atoms with Crippen molar-refractivity contribution in [3.05, 3.63) is 59.4 Å². The Morgan fingerprint density at radius 2 is 1.41 bits per heavy atom. The fourth-order valence-corrected chi connectivity index (χ4v) is 2.49. The van der Waals surface area contributed by atoms with E-state index in [0.29, 0.717) is 12.1 Å². The van der Waals surface area contributed by atoms with Gasteiger partial charge in [-0.3, -0.25) is 9.59 Å². The highest BCUT2D eigenvalue weighted by molar-refractivity contribution is 5.78. The average Bonchev–Trinajstić information content (AvgIpc) is 2.77. The summed E-state index contributed by atoms with van der Waals surface area (Å²) in [5, 5.41) is 14.5. The highest BCUT2D eigenvalue weighted by Crippen LogP contribution is 2.33. The van der Waals surface area contributed by atoms with Crippen molar-refractivity contribution in [2.24, 2.45) is 0 Å². The Balaban J connectivity index is 1.63. The summed E-state index contributed by atoms with van der Waals surface area (Å²) in [5.74, 6) is -5.41. The first kappa shape index (κ1) is 26.8. The molecule has 7 nitrogen and oxygen atoms in total. The number of halogens is 6. The van der Waals surface area contributed by atoms with Crippen LogP contribution in [0.4, 0.5) is 26.3 Å². The lowest BCUT2D eigenvalue weighted by molar-refractivity contribution is -0.140. The molecule has 0 aliphatic rings. The lowest BCUT2D eigenvalue weighted by Gasteiger charge is -2.14. The van der Waals surface area contributed by atoms with Crippen LogP contribution < -0.4 is 20.1 Å². The van der Waals surface area contributed by atoms with Crippen LogP contribution in [-0.2, 0) is 15.8 Å². The zero-order valence-electron chi connectivity index (χ0n) is 17.4. The van der Waals surface area contributed by atoms with Crippen molar-refractivity contribution in [1.82, 2.24) is 10.6 Å². The lowest BCUT2D eigenvalue weighted by atomic mass is 10.2. The molecule has 0 spiro atoms. The largest absolute Gasteiger partial charge is 0.484 e. The SMILES string of the molecule is O=C(COc1ccc(F)c(F)c1)NCC[C@H](O)CNC(=O)COc1ccc(F)c(C(F)(F)F)c1. The number of alkyl halides is 3. The molecule has 2 rings (SSSR count). The molecule has 3 N–H and O–H groups in total. The van der Waals surface area contributed by atoms with E-state index in [0.717, 1.165) is 24.3 Å². The quantitative estimate of drug-likeness (QED) is 0.418. The van der Waals surface area contributed by atoms with Gasteiger partial charge in [0.05, 0.1) is 11.7 Å². The van der Waals surface area contributed by atoms with Gasteiger partial charge in [-0.1, -0.05) is 0 Å². The van der Waals surface area contributed by atoms with E-state index < -0.39 is 60.3 Å². The molecule has 13 heteroatoms. The fourth-order valence-electron chi connectivity index (χ4n) is 2.49. The molecule has 0 radical (unpaired) electrons. The molecule has 186 valence electrons. The molecule has 0 aliphatic carbocycles. The fraction of sp³-hybridized carbons (Fsp3) is 0.333. The van der Waals surface area contributed by atoms with Crippen LogP contribution in [0.25, 0.3) is 0 Å². The minimum Gasteiger partial charge on any atom is -0.484 e.